The third-order valence-corrected chi connectivity index (χ3v) is 2.16. The molecule has 1 N–H and O–H groups in total. The Balaban J connectivity index is 0.000000212. The van der Waals surface area contributed by atoms with Crippen molar-refractivity contribution in [2.75, 3.05) is 6.61 Å². The zero-order chi connectivity index (χ0) is 11.6. The van der Waals surface area contributed by atoms with Crippen LogP contribution in [0.15, 0.2) is 53.2 Å². The summed E-state index contributed by atoms with van der Waals surface area (Å²) in [6, 6.07) is 12.9. The van der Waals surface area contributed by atoms with E-state index in [1.165, 1.54) is 0 Å². The molecule has 0 atom stereocenters. The number of hydrogen-bond donors (Lipinski definition) is 1. The molecule has 4 heteroatoms. The van der Waals surface area contributed by atoms with E-state index in [4.69, 9.17) is 9.84 Å². The van der Waals surface area contributed by atoms with Gasteiger partial charge in [0.1, 0.15) is 5.75 Å². The lowest BCUT2D eigenvalue weighted by Crippen LogP contribution is -2.09. The van der Waals surface area contributed by atoms with Gasteiger partial charge in [0.2, 0.25) is 0 Å². The zero-order valence-corrected chi connectivity index (χ0v) is 9.39. The molecule has 0 radical (unpaired) electrons. The first kappa shape index (κ1) is 12.3. The van der Waals surface area contributed by atoms with Crippen molar-refractivity contribution in [1.29, 1.82) is 0 Å². The Morgan fingerprint density at radius 1 is 1.12 bits per heavy atom. The highest BCUT2D eigenvalue weighted by molar-refractivity contribution is 7.07. The Hall–Kier alpha value is -1.81. The summed E-state index contributed by atoms with van der Waals surface area (Å²) in [5.41, 5.74) is 0. The number of carboxylic acids is 1. The number of aliphatic carboxylic acids is 1. The van der Waals surface area contributed by atoms with Crippen LogP contribution in [0.1, 0.15) is 0 Å². The molecule has 0 saturated carbocycles. The van der Waals surface area contributed by atoms with Gasteiger partial charge in [-0.25, -0.2) is 4.79 Å². The first-order valence-electron chi connectivity index (χ1n) is 4.66. The van der Waals surface area contributed by atoms with E-state index < -0.39 is 5.97 Å². The van der Waals surface area contributed by atoms with Crippen LogP contribution in [-0.4, -0.2) is 17.7 Å². The van der Waals surface area contributed by atoms with Gasteiger partial charge in [-0.2, -0.15) is 11.3 Å². The molecule has 0 aliphatic rings. The first-order valence-corrected chi connectivity index (χ1v) is 5.60. The maximum absolute atomic E-state index is 10.0. The van der Waals surface area contributed by atoms with Crippen LogP contribution in [0.5, 0.6) is 5.75 Å². The Bertz CT molecular complexity index is 367. The first-order chi connectivity index (χ1) is 7.79. The molecule has 84 valence electrons. The van der Waals surface area contributed by atoms with Crippen molar-refractivity contribution in [2.45, 2.75) is 0 Å². The van der Waals surface area contributed by atoms with E-state index in [1.54, 1.807) is 35.6 Å². The molecule has 0 unspecified atom stereocenters. The average molecular weight is 236 g/mol. The molecule has 0 amide bonds. The predicted octanol–water partition coefficient (Wildman–Crippen LogP) is 2.90. The van der Waals surface area contributed by atoms with E-state index in [9.17, 15) is 4.79 Å². The fraction of sp³-hybridized carbons (Fsp3) is 0.0833. The van der Waals surface area contributed by atoms with Crippen LogP contribution in [-0.2, 0) is 4.79 Å². The van der Waals surface area contributed by atoms with Crippen LogP contribution in [0, 0.1) is 0 Å². The summed E-state index contributed by atoms with van der Waals surface area (Å²) in [6.07, 6.45) is 0. The van der Waals surface area contributed by atoms with Gasteiger partial charge in [-0.15, -0.1) is 0 Å². The van der Waals surface area contributed by atoms with E-state index in [0.29, 0.717) is 5.75 Å². The number of carboxylic acid groups (broad SMARTS) is 1. The summed E-state index contributed by atoms with van der Waals surface area (Å²) in [5.74, 6) is -0.385. The SMILES string of the molecule is O=C(O)COc1ccccc1.c1ccsc1. The normalized spacial score (nSPS) is 8.75. The van der Waals surface area contributed by atoms with Gasteiger partial charge >= 0.3 is 5.97 Å². The summed E-state index contributed by atoms with van der Waals surface area (Å²) in [6.45, 7) is -0.288. The molecule has 16 heavy (non-hydrogen) atoms. The molecule has 3 nitrogen and oxygen atoms in total. The van der Waals surface area contributed by atoms with E-state index in [0.717, 1.165) is 0 Å². The predicted molar refractivity (Wildman–Crippen MR) is 63.9 cm³/mol. The van der Waals surface area contributed by atoms with Gasteiger partial charge in [0.05, 0.1) is 0 Å². The molecule has 2 aromatic rings. The molecule has 0 bridgehead atoms. The number of carbonyl (C=O) groups is 1. The lowest BCUT2D eigenvalue weighted by molar-refractivity contribution is -0.139. The molecule has 1 aromatic heterocycles. The van der Waals surface area contributed by atoms with Gasteiger partial charge in [0, 0.05) is 0 Å². The summed E-state index contributed by atoms with van der Waals surface area (Å²) < 4.78 is 4.87. The second-order valence-electron chi connectivity index (χ2n) is 2.79. The molecular weight excluding hydrogens is 224 g/mol. The van der Waals surface area contributed by atoms with Crippen LogP contribution < -0.4 is 4.74 Å². The van der Waals surface area contributed by atoms with Gasteiger partial charge in [-0.1, -0.05) is 30.3 Å². The standard InChI is InChI=1S/C8H8O3.C4H4S/c9-8(10)6-11-7-4-2-1-3-5-7;1-2-4-5-3-1/h1-5H,6H2,(H,9,10);1-4H. The minimum Gasteiger partial charge on any atom is -0.482 e. The Labute approximate surface area is 97.9 Å². The highest BCUT2D eigenvalue weighted by Gasteiger charge is 1.96. The van der Waals surface area contributed by atoms with E-state index in [-0.39, 0.29) is 6.61 Å². The van der Waals surface area contributed by atoms with E-state index in [2.05, 4.69) is 0 Å². The van der Waals surface area contributed by atoms with Crippen molar-refractivity contribution >= 4 is 17.3 Å². The third kappa shape index (κ3) is 5.82. The maximum Gasteiger partial charge on any atom is 0.341 e. The lowest BCUT2D eigenvalue weighted by atomic mass is 10.3. The molecule has 1 aromatic carbocycles. The second-order valence-corrected chi connectivity index (χ2v) is 3.61. The molecule has 2 rings (SSSR count). The number of hydrogen-bond acceptors (Lipinski definition) is 3. The molecule has 0 spiro atoms. The van der Waals surface area contributed by atoms with Gasteiger partial charge in [0.25, 0.3) is 0 Å². The van der Waals surface area contributed by atoms with Crippen molar-refractivity contribution in [3.8, 4) is 5.75 Å². The number of rotatable bonds is 3. The Morgan fingerprint density at radius 3 is 2.19 bits per heavy atom. The lowest BCUT2D eigenvalue weighted by Gasteiger charge is -2.00. The number of thiophene rings is 1. The molecule has 1 heterocycles. The maximum atomic E-state index is 10.0. The zero-order valence-electron chi connectivity index (χ0n) is 8.58. The van der Waals surface area contributed by atoms with Crippen LogP contribution in [0.4, 0.5) is 0 Å². The highest BCUT2D eigenvalue weighted by atomic mass is 32.1. The summed E-state index contributed by atoms with van der Waals surface area (Å²) in [4.78, 5) is 10.0. The topological polar surface area (TPSA) is 46.5 Å². The monoisotopic (exact) mass is 236 g/mol. The van der Waals surface area contributed by atoms with Crippen LogP contribution in [0.25, 0.3) is 0 Å². The van der Waals surface area contributed by atoms with Gasteiger partial charge in [-0.3, -0.25) is 0 Å². The summed E-state index contributed by atoms with van der Waals surface area (Å²) in [5, 5.41) is 12.3. The fourth-order valence-corrected chi connectivity index (χ4v) is 1.34. The van der Waals surface area contributed by atoms with Crippen molar-refractivity contribution in [1.82, 2.24) is 0 Å². The van der Waals surface area contributed by atoms with Crippen molar-refractivity contribution in [2.24, 2.45) is 0 Å². The van der Waals surface area contributed by atoms with Crippen LogP contribution in [0.3, 0.4) is 0 Å². The minimum absolute atomic E-state index is 0.288. The number of ether oxygens (including phenoxy) is 1. The molecule has 0 fully saturated rings. The Kier molecular flexibility index (Phi) is 5.73. The van der Waals surface area contributed by atoms with Crippen LogP contribution in [0.2, 0.25) is 0 Å². The van der Waals surface area contributed by atoms with Gasteiger partial charge < -0.3 is 9.84 Å². The molecular formula is C12H12O3S. The highest BCUT2D eigenvalue weighted by Crippen LogP contribution is 2.07. The van der Waals surface area contributed by atoms with Crippen molar-refractivity contribution in [3.63, 3.8) is 0 Å². The Morgan fingerprint density at radius 2 is 1.75 bits per heavy atom. The quantitative estimate of drug-likeness (QED) is 0.891. The molecule has 0 aliphatic heterocycles. The van der Waals surface area contributed by atoms with Crippen LogP contribution >= 0.6 is 11.3 Å². The number of benzene rings is 1. The van der Waals surface area contributed by atoms with Crippen molar-refractivity contribution < 1.29 is 14.6 Å². The largest absolute Gasteiger partial charge is 0.482 e. The smallest absolute Gasteiger partial charge is 0.341 e. The third-order valence-electron chi connectivity index (χ3n) is 1.53. The second kappa shape index (κ2) is 7.48. The van der Waals surface area contributed by atoms with Gasteiger partial charge in [0.15, 0.2) is 6.61 Å². The summed E-state index contributed by atoms with van der Waals surface area (Å²) >= 11 is 1.71. The number of para-hydroxylation sites is 1. The molecule has 0 aliphatic carbocycles. The minimum atomic E-state index is -0.964. The summed E-state index contributed by atoms with van der Waals surface area (Å²) in [7, 11) is 0. The van der Waals surface area contributed by atoms with Gasteiger partial charge in [-0.05, 0) is 22.9 Å². The average Bonchev–Trinajstić information content (AvgIpc) is 2.86. The molecule has 0 saturated heterocycles. The van der Waals surface area contributed by atoms with Crippen molar-refractivity contribution in [3.05, 3.63) is 53.2 Å². The van der Waals surface area contributed by atoms with E-state index >= 15 is 0 Å². The fourth-order valence-electron chi connectivity index (χ4n) is 0.889. The van der Waals surface area contributed by atoms with E-state index in [1.807, 2.05) is 29.0 Å².